The van der Waals surface area contributed by atoms with Crippen LogP contribution in [0.4, 0.5) is 0 Å². The molecule has 4 nitrogen and oxygen atoms in total. The molecule has 1 heterocycles. The van der Waals surface area contributed by atoms with E-state index in [-0.39, 0.29) is 11.2 Å². The third kappa shape index (κ3) is 3.56. The molecule has 0 aliphatic carbocycles. The number of rotatable bonds is 6. The van der Waals surface area contributed by atoms with Crippen molar-refractivity contribution in [1.29, 1.82) is 0 Å². The zero-order chi connectivity index (χ0) is 12.0. The van der Waals surface area contributed by atoms with Gasteiger partial charge in [0.15, 0.2) is 5.16 Å². The second-order valence-corrected chi connectivity index (χ2v) is 4.76. The van der Waals surface area contributed by atoms with Crippen molar-refractivity contribution in [1.82, 2.24) is 9.55 Å². The average Bonchev–Trinajstić information content (AvgIpc) is 2.69. The number of unbranched alkanes of at least 4 members (excludes halogenated alkanes) is 1. The maximum Gasteiger partial charge on any atom is 0.319 e. The van der Waals surface area contributed by atoms with Crippen LogP contribution >= 0.6 is 11.8 Å². The first-order valence-electron chi connectivity index (χ1n) is 5.40. The summed E-state index contributed by atoms with van der Waals surface area (Å²) < 4.78 is 6.71. The van der Waals surface area contributed by atoms with Crippen LogP contribution in [0.3, 0.4) is 0 Å². The molecule has 16 heavy (non-hydrogen) atoms. The third-order valence-corrected chi connectivity index (χ3v) is 3.63. The molecule has 0 N–H and O–H groups in total. The summed E-state index contributed by atoms with van der Waals surface area (Å²) in [6, 6.07) is 0. The summed E-state index contributed by atoms with van der Waals surface area (Å²) in [4.78, 5) is 15.8. The van der Waals surface area contributed by atoms with Crippen molar-refractivity contribution >= 4 is 17.7 Å². The normalized spacial score (nSPS) is 12.4. The van der Waals surface area contributed by atoms with Crippen LogP contribution in [0.25, 0.3) is 0 Å². The van der Waals surface area contributed by atoms with Crippen LogP contribution in [0, 0.1) is 0 Å². The van der Waals surface area contributed by atoms with Gasteiger partial charge >= 0.3 is 5.97 Å². The van der Waals surface area contributed by atoms with Gasteiger partial charge in [0.2, 0.25) is 0 Å². The van der Waals surface area contributed by atoms with Gasteiger partial charge in [-0.05, 0) is 6.42 Å². The lowest BCUT2D eigenvalue weighted by Gasteiger charge is -2.13. The Morgan fingerprint density at radius 2 is 2.44 bits per heavy atom. The fourth-order valence-electron chi connectivity index (χ4n) is 1.34. The Morgan fingerprint density at radius 1 is 1.69 bits per heavy atom. The van der Waals surface area contributed by atoms with Gasteiger partial charge < -0.3 is 9.30 Å². The van der Waals surface area contributed by atoms with E-state index in [0.717, 1.165) is 24.4 Å². The monoisotopic (exact) mass is 242 g/mol. The van der Waals surface area contributed by atoms with Crippen molar-refractivity contribution in [3.05, 3.63) is 12.4 Å². The molecule has 0 aliphatic rings. The molecule has 0 amide bonds. The van der Waals surface area contributed by atoms with Gasteiger partial charge in [-0.15, -0.1) is 0 Å². The topological polar surface area (TPSA) is 44.1 Å². The predicted octanol–water partition coefficient (Wildman–Crippen LogP) is 2.24. The van der Waals surface area contributed by atoms with E-state index in [1.165, 1.54) is 18.9 Å². The highest BCUT2D eigenvalue weighted by molar-refractivity contribution is 8.00. The molecule has 5 heteroatoms. The van der Waals surface area contributed by atoms with E-state index in [0.29, 0.717) is 0 Å². The lowest BCUT2D eigenvalue weighted by molar-refractivity contribution is -0.140. The molecule has 0 saturated heterocycles. The highest BCUT2D eigenvalue weighted by Crippen LogP contribution is 2.25. The van der Waals surface area contributed by atoms with Crippen LogP contribution in [0.2, 0.25) is 0 Å². The van der Waals surface area contributed by atoms with Gasteiger partial charge in [-0.25, -0.2) is 4.98 Å². The zero-order valence-electron chi connectivity index (χ0n) is 9.97. The zero-order valence-corrected chi connectivity index (χ0v) is 10.8. The summed E-state index contributed by atoms with van der Waals surface area (Å²) in [5, 5.41) is 0.706. The molecule has 1 rings (SSSR count). The number of carbonyl (C=O) groups is 1. The maximum absolute atomic E-state index is 11.6. The molecule has 0 bridgehead atoms. The number of ether oxygens (including phenoxy) is 1. The van der Waals surface area contributed by atoms with E-state index in [9.17, 15) is 4.79 Å². The largest absolute Gasteiger partial charge is 0.468 e. The fourth-order valence-corrected chi connectivity index (χ4v) is 2.42. The summed E-state index contributed by atoms with van der Waals surface area (Å²) >= 11 is 1.47. The number of imidazole rings is 1. The standard InChI is InChI=1S/C11H18N2O2S/c1-4-5-6-9(10(14)15-3)16-11-12-7-8-13(11)2/h7-9H,4-6H2,1-3H3. The predicted molar refractivity (Wildman–Crippen MR) is 64.4 cm³/mol. The molecule has 0 aromatic carbocycles. The lowest BCUT2D eigenvalue weighted by atomic mass is 10.2. The average molecular weight is 242 g/mol. The van der Waals surface area contributed by atoms with Crippen molar-refractivity contribution in [2.45, 2.75) is 36.6 Å². The van der Waals surface area contributed by atoms with Crippen LogP contribution in [0.1, 0.15) is 26.2 Å². The summed E-state index contributed by atoms with van der Waals surface area (Å²) in [6.07, 6.45) is 6.54. The van der Waals surface area contributed by atoms with Crippen molar-refractivity contribution < 1.29 is 9.53 Å². The number of nitrogens with zero attached hydrogens (tertiary/aromatic N) is 2. The number of aromatic nitrogens is 2. The minimum absolute atomic E-state index is 0.147. The first-order chi connectivity index (χ1) is 7.69. The lowest BCUT2D eigenvalue weighted by Crippen LogP contribution is -2.19. The van der Waals surface area contributed by atoms with E-state index in [1.807, 2.05) is 17.8 Å². The molecule has 1 aromatic heterocycles. The summed E-state index contributed by atoms with van der Waals surface area (Å²) in [5.74, 6) is -0.165. The first kappa shape index (κ1) is 13.1. The highest BCUT2D eigenvalue weighted by atomic mass is 32.2. The Morgan fingerprint density at radius 3 is 2.94 bits per heavy atom. The molecule has 1 atom stereocenters. The van der Waals surface area contributed by atoms with Crippen LogP contribution in [0.15, 0.2) is 17.6 Å². The van der Waals surface area contributed by atoms with Crippen LogP contribution in [-0.4, -0.2) is 27.9 Å². The molecular weight excluding hydrogens is 224 g/mol. The van der Waals surface area contributed by atoms with Crippen molar-refractivity contribution in [3.8, 4) is 0 Å². The van der Waals surface area contributed by atoms with Gasteiger partial charge in [0.05, 0.1) is 7.11 Å². The third-order valence-electron chi connectivity index (χ3n) is 2.31. The Labute approximate surface area is 100 Å². The molecule has 0 spiro atoms. The minimum atomic E-state index is -0.165. The molecular formula is C11H18N2O2S. The Balaban J connectivity index is 2.63. The van der Waals surface area contributed by atoms with Crippen LogP contribution < -0.4 is 0 Å². The number of carbonyl (C=O) groups excluding carboxylic acids is 1. The van der Waals surface area contributed by atoms with Gasteiger partial charge in [-0.3, -0.25) is 4.79 Å². The van der Waals surface area contributed by atoms with E-state index in [1.54, 1.807) is 6.20 Å². The van der Waals surface area contributed by atoms with Gasteiger partial charge in [0, 0.05) is 19.4 Å². The van der Waals surface area contributed by atoms with E-state index in [4.69, 9.17) is 4.74 Å². The smallest absolute Gasteiger partial charge is 0.319 e. The van der Waals surface area contributed by atoms with Gasteiger partial charge in [0.25, 0.3) is 0 Å². The number of hydrogen-bond acceptors (Lipinski definition) is 4. The first-order valence-corrected chi connectivity index (χ1v) is 6.28. The molecule has 0 aliphatic heterocycles. The maximum atomic E-state index is 11.6. The van der Waals surface area contributed by atoms with Crippen LogP contribution in [0.5, 0.6) is 0 Å². The van der Waals surface area contributed by atoms with Crippen molar-refractivity contribution in [2.24, 2.45) is 7.05 Å². The quantitative estimate of drug-likeness (QED) is 0.567. The molecule has 0 fully saturated rings. The highest BCUT2D eigenvalue weighted by Gasteiger charge is 2.21. The number of esters is 1. The number of aryl methyl sites for hydroxylation is 1. The molecule has 1 aromatic rings. The number of methoxy groups -OCH3 is 1. The SMILES string of the molecule is CCCCC(Sc1nccn1C)C(=O)OC. The van der Waals surface area contributed by atoms with Gasteiger partial charge in [-0.2, -0.15) is 0 Å². The van der Waals surface area contributed by atoms with E-state index >= 15 is 0 Å². The molecule has 0 radical (unpaired) electrons. The summed E-state index contributed by atoms with van der Waals surface area (Å²) in [6.45, 7) is 2.11. The molecule has 90 valence electrons. The fraction of sp³-hybridized carbons (Fsp3) is 0.636. The Bertz CT molecular complexity index is 338. The Hall–Kier alpha value is -0.970. The van der Waals surface area contributed by atoms with Crippen LogP contribution in [-0.2, 0) is 16.6 Å². The van der Waals surface area contributed by atoms with E-state index < -0.39 is 0 Å². The second-order valence-electron chi connectivity index (χ2n) is 3.59. The minimum Gasteiger partial charge on any atom is -0.468 e. The number of hydrogen-bond donors (Lipinski definition) is 0. The Kier molecular flexibility index (Phi) is 5.38. The summed E-state index contributed by atoms with van der Waals surface area (Å²) in [5.41, 5.74) is 0. The van der Waals surface area contributed by atoms with Gasteiger partial charge in [0.1, 0.15) is 5.25 Å². The molecule has 0 saturated carbocycles. The summed E-state index contributed by atoms with van der Waals surface area (Å²) in [7, 11) is 3.35. The van der Waals surface area contributed by atoms with Gasteiger partial charge in [-0.1, -0.05) is 31.5 Å². The molecule has 1 unspecified atom stereocenters. The van der Waals surface area contributed by atoms with E-state index in [2.05, 4.69) is 11.9 Å². The van der Waals surface area contributed by atoms with Crippen molar-refractivity contribution in [3.63, 3.8) is 0 Å². The van der Waals surface area contributed by atoms with Crippen molar-refractivity contribution in [2.75, 3.05) is 7.11 Å². The second kappa shape index (κ2) is 6.58. The number of thioether (sulfide) groups is 1.